The predicted molar refractivity (Wildman–Crippen MR) is 82.9 cm³/mol. The molecule has 1 aromatic carbocycles. The van der Waals surface area contributed by atoms with Crippen LogP contribution in [0.25, 0.3) is 0 Å². The van der Waals surface area contributed by atoms with E-state index in [4.69, 9.17) is 17.3 Å². The van der Waals surface area contributed by atoms with Gasteiger partial charge in [-0.1, -0.05) is 30.7 Å². The van der Waals surface area contributed by atoms with Gasteiger partial charge in [0.25, 0.3) is 0 Å². The summed E-state index contributed by atoms with van der Waals surface area (Å²) in [6.07, 6.45) is 1.06. The number of nitrogen functional groups attached to an aromatic ring is 1. The van der Waals surface area contributed by atoms with Crippen molar-refractivity contribution in [1.29, 1.82) is 0 Å². The Hall–Kier alpha value is -1.59. The van der Waals surface area contributed by atoms with Crippen molar-refractivity contribution in [1.82, 2.24) is 10.3 Å². The fourth-order valence-electron chi connectivity index (χ4n) is 1.93. The van der Waals surface area contributed by atoms with E-state index in [1.807, 2.05) is 31.2 Å². The van der Waals surface area contributed by atoms with Gasteiger partial charge in [-0.25, -0.2) is 4.98 Å². The van der Waals surface area contributed by atoms with Crippen molar-refractivity contribution in [2.75, 3.05) is 5.73 Å². The lowest BCUT2D eigenvalue weighted by Crippen LogP contribution is -2.29. The van der Waals surface area contributed by atoms with Crippen LogP contribution in [0.2, 0.25) is 5.02 Å². The fourth-order valence-corrected chi connectivity index (χ4v) is 2.62. The first-order chi connectivity index (χ1) is 9.58. The molecule has 2 aromatic rings. The van der Waals surface area contributed by atoms with Gasteiger partial charge in [-0.05, 0) is 24.1 Å². The molecular formula is C14H16ClN3OS. The fraction of sp³-hybridized carbons (Fsp3) is 0.286. The van der Waals surface area contributed by atoms with Crippen molar-refractivity contribution >= 4 is 34.0 Å². The third-order valence-corrected chi connectivity index (χ3v) is 3.90. The van der Waals surface area contributed by atoms with E-state index in [9.17, 15) is 4.79 Å². The number of thiazole rings is 1. The Morgan fingerprint density at radius 2 is 2.15 bits per heavy atom. The predicted octanol–water partition coefficient (Wildman–Crippen LogP) is 3.19. The Kier molecular flexibility index (Phi) is 4.98. The standard InChI is InChI=1S/C14H16ClN3OS/c1-2-12(9-3-5-10(15)6-4-9)18-13(19)7-11-8-20-14(16)17-11/h3-6,8,12H,2,7H2,1H3,(H2,16,17)(H,18,19). The number of carbonyl (C=O) groups is 1. The molecule has 2 rings (SSSR count). The summed E-state index contributed by atoms with van der Waals surface area (Å²) in [4.78, 5) is 16.1. The average molecular weight is 310 g/mol. The maximum Gasteiger partial charge on any atom is 0.226 e. The van der Waals surface area contributed by atoms with Crippen LogP contribution in [0.3, 0.4) is 0 Å². The number of halogens is 1. The zero-order chi connectivity index (χ0) is 14.5. The maximum absolute atomic E-state index is 12.0. The van der Waals surface area contributed by atoms with Crippen LogP contribution in [0.4, 0.5) is 5.13 Å². The van der Waals surface area contributed by atoms with E-state index in [1.54, 1.807) is 5.38 Å². The van der Waals surface area contributed by atoms with Crippen molar-refractivity contribution in [2.24, 2.45) is 0 Å². The first-order valence-corrected chi connectivity index (χ1v) is 7.59. The van der Waals surface area contributed by atoms with Crippen molar-refractivity contribution < 1.29 is 4.79 Å². The van der Waals surface area contributed by atoms with Gasteiger partial charge in [-0.3, -0.25) is 4.79 Å². The summed E-state index contributed by atoms with van der Waals surface area (Å²) in [6, 6.07) is 7.49. The van der Waals surface area contributed by atoms with Crippen molar-refractivity contribution in [2.45, 2.75) is 25.8 Å². The van der Waals surface area contributed by atoms with E-state index in [-0.39, 0.29) is 18.4 Å². The summed E-state index contributed by atoms with van der Waals surface area (Å²) in [6.45, 7) is 2.03. The molecule has 6 heteroatoms. The highest BCUT2D eigenvalue weighted by Gasteiger charge is 2.14. The van der Waals surface area contributed by atoms with Crippen molar-refractivity contribution in [3.05, 3.63) is 45.9 Å². The second-order valence-corrected chi connectivity index (χ2v) is 5.76. The second-order valence-electron chi connectivity index (χ2n) is 4.43. The van der Waals surface area contributed by atoms with Crippen molar-refractivity contribution in [3.8, 4) is 0 Å². The van der Waals surface area contributed by atoms with Crippen LogP contribution in [-0.4, -0.2) is 10.9 Å². The molecule has 1 heterocycles. The Morgan fingerprint density at radius 1 is 1.45 bits per heavy atom. The highest BCUT2D eigenvalue weighted by atomic mass is 35.5. The van der Waals surface area contributed by atoms with Gasteiger partial charge in [0.05, 0.1) is 18.2 Å². The first kappa shape index (κ1) is 14.8. The van der Waals surface area contributed by atoms with E-state index in [0.717, 1.165) is 12.0 Å². The number of rotatable bonds is 5. The number of nitrogens with one attached hydrogen (secondary N) is 1. The summed E-state index contributed by atoms with van der Waals surface area (Å²) < 4.78 is 0. The Balaban J connectivity index is 1.99. The van der Waals surface area contributed by atoms with Crippen molar-refractivity contribution in [3.63, 3.8) is 0 Å². The van der Waals surface area contributed by atoms with Crippen LogP contribution in [0.5, 0.6) is 0 Å². The van der Waals surface area contributed by atoms with Crippen LogP contribution < -0.4 is 11.1 Å². The minimum atomic E-state index is -0.0582. The quantitative estimate of drug-likeness (QED) is 0.891. The Labute approximate surface area is 127 Å². The molecule has 106 valence electrons. The topological polar surface area (TPSA) is 68.0 Å². The third-order valence-electron chi connectivity index (χ3n) is 2.93. The monoisotopic (exact) mass is 309 g/mol. The molecule has 0 saturated carbocycles. The number of benzene rings is 1. The highest BCUT2D eigenvalue weighted by Crippen LogP contribution is 2.19. The van der Waals surface area contributed by atoms with E-state index in [1.165, 1.54) is 11.3 Å². The van der Waals surface area contributed by atoms with Gasteiger partial charge in [-0.2, -0.15) is 0 Å². The van der Waals surface area contributed by atoms with Gasteiger partial charge >= 0.3 is 0 Å². The second kappa shape index (κ2) is 6.72. The molecule has 1 amide bonds. The molecule has 0 aliphatic heterocycles. The number of nitrogens with two attached hydrogens (primary N) is 1. The number of hydrogen-bond acceptors (Lipinski definition) is 4. The molecule has 1 unspecified atom stereocenters. The summed E-state index contributed by atoms with van der Waals surface area (Å²) in [5.74, 6) is -0.0582. The highest BCUT2D eigenvalue weighted by molar-refractivity contribution is 7.13. The van der Waals surface area contributed by atoms with E-state index >= 15 is 0 Å². The van der Waals surface area contributed by atoms with Crippen LogP contribution in [0.15, 0.2) is 29.6 Å². The van der Waals surface area contributed by atoms with Gasteiger partial charge in [0.15, 0.2) is 5.13 Å². The zero-order valence-corrected chi connectivity index (χ0v) is 12.7. The van der Waals surface area contributed by atoms with Crippen LogP contribution in [-0.2, 0) is 11.2 Å². The lowest BCUT2D eigenvalue weighted by Gasteiger charge is -2.17. The summed E-state index contributed by atoms with van der Waals surface area (Å²) >= 11 is 7.21. The van der Waals surface area contributed by atoms with Gasteiger partial charge in [0.2, 0.25) is 5.91 Å². The van der Waals surface area contributed by atoms with Gasteiger partial charge in [0, 0.05) is 10.4 Å². The molecule has 1 aromatic heterocycles. The third kappa shape index (κ3) is 3.95. The first-order valence-electron chi connectivity index (χ1n) is 6.33. The summed E-state index contributed by atoms with van der Waals surface area (Å²) in [7, 11) is 0. The molecule has 0 aliphatic rings. The maximum atomic E-state index is 12.0. The number of nitrogens with zero attached hydrogens (tertiary/aromatic N) is 1. The molecule has 0 aliphatic carbocycles. The van der Waals surface area contributed by atoms with Crippen LogP contribution in [0, 0.1) is 0 Å². The van der Waals surface area contributed by atoms with Crippen LogP contribution >= 0.6 is 22.9 Å². The number of anilines is 1. The van der Waals surface area contributed by atoms with Crippen LogP contribution in [0.1, 0.15) is 30.6 Å². The van der Waals surface area contributed by atoms with E-state index in [2.05, 4.69) is 10.3 Å². The smallest absolute Gasteiger partial charge is 0.226 e. The lowest BCUT2D eigenvalue weighted by atomic mass is 10.0. The molecule has 0 fully saturated rings. The van der Waals surface area contributed by atoms with Gasteiger partial charge in [-0.15, -0.1) is 11.3 Å². The van der Waals surface area contributed by atoms with Gasteiger partial charge < -0.3 is 11.1 Å². The zero-order valence-electron chi connectivity index (χ0n) is 11.1. The minimum absolute atomic E-state index is 0.0178. The summed E-state index contributed by atoms with van der Waals surface area (Å²) in [5, 5.41) is 5.98. The lowest BCUT2D eigenvalue weighted by molar-refractivity contribution is -0.121. The minimum Gasteiger partial charge on any atom is -0.375 e. The molecule has 1 atom stereocenters. The Bertz CT molecular complexity index is 582. The number of aromatic nitrogens is 1. The molecule has 4 nitrogen and oxygen atoms in total. The summed E-state index contributed by atoms with van der Waals surface area (Å²) in [5.41, 5.74) is 7.30. The largest absolute Gasteiger partial charge is 0.375 e. The normalized spacial score (nSPS) is 12.1. The number of carbonyl (C=O) groups excluding carboxylic acids is 1. The van der Waals surface area contributed by atoms with E-state index in [0.29, 0.717) is 15.8 Å². The number of hydrogen-bond donors (Lipinski definition) is 2. The number of amides is 1. The van der Waals surface area contributed by atoms with Gasteiger partial charge in [0.1, 0.15) is 0 Å². The average Bonchev–Trinajstić information content (AvgIpc) is 2.82. The molecule has 20 heavy (non-hydrogen) atoms. The molecular weight excluding hydrogens is 294 g/mol. The van der Waals surface area contributed by atoms with E-state index < -0.39 is 0 Å². The molecule has 0 saturated heterocycles. The Morgan fingerprint density at radius 3 is 2.70 bits per heavy atom. The molecule has 3 N–H and O–H groups in total. The molecule has 0 spiro atoms. The molecule has 0 bridgehead atoms. The molecule has 0 radical (unpaired) electrons. The SMILES string of the molecule is CCC(NC(=O)Cc1csc(N)n1)c1ccc(Cl)cc1.